The zero-order chi connectivity index (χ0) is 12.7. The maximum absolute atomic E-state index is 11.1. The first-order valence-electron chi connectivity index (χ1n) is 6.64. The van der Waals surface area contributed by atoms with E-state index in [0.29, 0.717) is 11.8 Å². The van der Waals surface area contributed by atoms with Crippen molar-refractivity contribution < 1.29 is 8.42 Å². The van der Waals surface area contributed by atoms with Crippen LogP contribution in [0.5, 0.6) is 0 Å². The maximum atomic E-state index is 11.1. The molecule has 0 spiro atoms. The Hall–Kier alpha value is -0.130. The summed E-state index contributed by atoms with van der Waals surface area (Å²) in [6.45, 7) is 6.40. The van der Waals surface area contributed by atoms with Crippen LogP contribution in [0.3, 0.4) is 0 Å². The van der Waals surface area contributed by atoms with Crippen LogP contribution < -0.4 is 5.32 Å². The molecule has 1 aliphatic rings. The van der Waals surface area contributed by atoms with Gasteiger partial charge in [-0.3, -0.25) is 0 Å². The summed E-state index contributed by atoms with van der Waals surface area (Å²) in [7, 11) is -2.80. The lowest BCUT2D eigenvalue weighted by atomic mass is 10.1. The zero-order valence-electron chi connectivity index (χ0n) is 11.1. The average Bonchev–Trinajstić information content (AvgIpc) is 2.20. The summed E-state index contributed by atoms with van der Waals surface area (Å²) < 4.78 is 22.1. The molecule has 1 heterocycles. The van der Waals surface area contributed by atoms with Crippen LogP contribution in [0, 0.1) is 0 Å². The SMILES string of the molecule is CCC1CCN(CCCS(C)(=O)=O)CCCN1. The van der Waals surface area contributed by atoms with Crippen LogP contribution in [-0.2, 0) is 9.84 Å². The topological polar surface area (TPSA) is 49.4 Å². The molecular formula is C12H26N2O2S. The highest BCUT2D eigenvalue weighted by Crippen LogP contribution is 2.06. The molecule has 1 unspecified atom stereocenters. The molecule has 4 nitrogen and oxygen atoms in total. The highest BCUT2D eigenvalue weighted by molar-refractivity contribution is 7.90. The molecule has 0 radical (unpaired) electrons. The summed E-state index contributed by atoms with van der Waals surface area (Å²) in [5.41, 5.74) is 0. The Balaban J connectivity index is 2.27. The van der Waals surface area contributed by atoms with E-state index < -0.39 is 9.84 Å². The molecule has 1 saturated heterocycles. The summed E-state index contributed by atoms with van der Waals surface area (Å²) >= 11 is 0. The van der Waals surface area contributed by atoms with Gasteiger partial charge < -0.3 is 10.2 Å². The van der Waals surface area contributed by atoms with Gasteiger partial charge in [0.15, 0.2) is 0 Å². The van der Waals surface area contributed by atoms with Crippen molar-refractivity contribution in [3.8, 4) is 0 Å². The van der Waals surface area contributed by atoms with Crippen LogP contribution in [0.1, 0.15) is 32.6 Å². The second-order valence-electron chi connectivity index (χ2n) is 5.03. The highest BCUT2D eigenvalue weighted by Gasteiger charge is 2.13. The molecule has 1 rings (SSSR count). The number of hydrogen-bond acceptors (Lipinski definition) is 4. The van der Waals surface area contributed by atoms with Gasteiger partial charge in [-0.15, -0.1) is 0 Å². The fraction of sp³-hybridized carbons (Fsp3) is 1.00. The third-order valence-corrected chi connectivity index (χ3v) is 4.39. The lowest BCUT2D eigenvalue weighted by molar-refractivity contribution is 0.232. The summed E-state index contributed by atoms with van der Waals surface area (Å²) in [6.07, 6.45) is 5.60. The van der Waals surface area contributed by atoms with E-state index in [2.05, 4.69) is 17.1 Å². The fourth-order valence-corrected chi connectivity index (χ4v) is 2.94. The number of hydrogen-bond donors (Lipinski definition) is 1. The Morgan fingerprint density at radius 1 is 1.35 bits per heavy atom. The van der Waals surface area contributed by atoms with E-state index in [-0.39, 0.29) is 0 Å². The molecule has 0 bridgehead atoms. The Morgan fingerprint density at radius 2 is 2.12 bits per heavy atom. The van der Waals surface area contributed by atoms with E-state index in [1.165, 1.54) is 19.1 Å². The minimum absolute atomic E-state index is 0.318. The van der Waals surface area contributed by atoms with E-state index in [1.807, 2.05) is 0 Å². The van der Waals surface area contributed by atoms with Gasteiger partial charge in [0.05, 0.1) is 5.75 Å². The van der Waals surface area contributed by atoms with E-state index in [4.69, 9.17) is 0 Å². The normalized spacial score (nSPS) is 24.2. The maximum Gasteiger partial charge on any atom is 0.147 e. The van der Waals surface area contributed by atoms with Crippen LogP contribution >= 0.6 is 0 Å². The average molecular weight is 262 g/mol. The van der Waals surface area contributed by atoms with Crippen molar-refractivity contribution in [3.05, 3.63) is 0 Å². The zero-order valence-corrected chi connectivity index (χ0v) is 11.9. The molecule has 1 N–H and O–H groups in total. The summed E-state index contributed by atoms with van der Waals surface area (Å²) in [5, 5.41) is 3.55. The predicted octanol–water partition coefficient (Wildman–Crippen LogP) is 0.885. The molecule has 102 valence electrons. The molecule has 1 aliphatic heterocycles. The van der Waals surface area contributed by atoms with Gasteiger partial charge in [0.25, 0.3) is 0 Å². The lowest BCUT2D eigenvalue weighted by Gasteiger charge is -2.28. The van der Waals surface area contributed by atoms with Crippen LogP contribution in [0.15, 0.2) is 0 Å². The number of nitrogens with zero attached hydrogens (tertiary/aromatic N) is 1. The molecule has 1 fully saturated rings. The van der Waals surface area contributed by atoms with Crippen molar-refractivity contribution in [1.82, 2.24) is 10.2 Å². The minimum atomic E-state index is -2.80. The summed E-state index contributed by atoms with van der Waals surface area (Å²) in [6, 6.07) is 0.632. The van der Waals surface area contributed by atoms with Crippen molar-refractivity contribution in [1.29, 1.82) is 0 Å². The van der Waals surface area contributed by atoms with Crippen molar-refractivity contribution in [3.63, 3.8) is 0 Å². The summed E-state index contributed by atoms with van der Waals surface area (Å²) in [4.78, 5) is 2.41. The summed E-state index contributed by atoms with van der Waals surface area (Å²) in [5.74, 6) is 0.318. The van der Waals surface area contributed by atoms with Crippen molar-refractivity contribution in [2.75, 3.05) is 38.2 Å². The van der Waals surface area contributed by atoms with Crippen molar-refractivity contribution in [2.24, 2.45) is 0 Å². The van der Waals surface area contributed by atoms with Gasteiger partial charge in [-0.05, 0) is 51.9 Å². The van der Waals surface area contributed by atoms with Crippen LogP contribution in [-0.4, -0.2) is 57.5 Å². The first kappa shape index (κ1) is 14.9. The van der Waals surface area contributed by atoms with E-state index in [1.54, 1.807) is 0 Å². The minimum Gasteiger partial charge on any atom is -0.314 e. The van der Waals surface area contributed by atoms with E-state index in [9.17, 15) is 8.42 Å². The Morgan fingerprint density at radius 3 is 2.76 bits per heavy atom. The van der Waals surface area contributed by atoms with Crippen molar-refractivity contribution >= 4 is 9.84 Å². The van der Waals surface area contributed by atoms with E-state index >= 15 is 0 Å². The van der Waals surface area contributed by atoms with Gasteiger partial charge in [0, 0.05) is 12.3 Å². The van der Waals surface area contributed by atoms with Gasteiger partial charge in [0.1, 0.15) is 9.84 Å². The first-order valence-corrected chi connectivity index (χ1v) is 8.71. The van der Waals surface area contributed by atoms with Gasteiger partial charge in [-0.2, -0.15) is 0 Å². The van der Waals surface area contributed by atoms with Gasteiger partial charge >= 0.3 is 0 Å². The molecule has 0 aliphatic carbocycles. The van der Waals surface area contributed by atoms with Crippen molar-refractivity contribution in [2.45, 2.75) is 38.6 Å². The second kappa shape index (κ2) is 7.34. The highest BCUT2D eigenvalue weighted by atomic mass is 32.2. The number of nitrogens with one attached hydrogen (secondary N) is 1. The molecule has 0 aromatic carbocycles. The molecule has 17 heavy (non-hydrogen) atoms. The number of sulfone groups is 1. The quantitative estimate of drug-likeness (QED) is 0.799. The van der Waals surface area contributed by atoms with E-state index in [0.717, 1.165) is 39.0 Å². The lowest BCUT2D eigenvalue weighted by Crippen LogP contribution is -2.40. The van der Waals surface area contributed by atoms with Gasteiger partial charge in [0.2, 0.25) is 0 Å². The van der Waals surface area contributed by atoms with Crippen LogP contribution in [0.4, 0.5) is 0 Å². The first-order chi connectivity index (χ1) is 8.01. The largest absolute Gasteiger partial charge is 0.314 e. The van der Waals surface area contributed by atoms with Gasteiger partial charge in [-0.1, -0.05) is 6.92 Å². The monoisotopic (exact) mass is 262 g/mol. The molecular weight excluding hydrogens is 236 g/mol. The third kappa shape index (κ3) is 7.01. The number of rotatable bonds is 5. The standard InChI is InChI=1S/C12H26N2O2S/c1-3-12-6-10-14(8-4-7-13-12)9-5-11-17(2,15)16/h12-13H,3-11H2,1-2H3. The smallest absolute Gasteiger partial charge is 0.147 e. The molecule has 1 atom stereocenters. The molecule has 0 saturated carbocycles. The predicted molar refractivity (Wildman–Crippen MR) is 72.1 cm³/mol. The third-order valence-electron chi connectivity index (χ3n) is 3.36. The second-order valence-corrected chi connectivity index (χ2v) is 7.29. The van der Waals surface area contributed by atoms with Crippen LogP contribution in [0.25, 0.3) is 0 Å². The molecule has 0 amide bonds. The Kier molecular flexibility index (Phi) is 6.44. The van der Waals surface area contributed by atoms with Crippen LogP contribution in [0.2, 0.25) is 0 Å². The molecule has 0 aromatic rings. The Labute approximate surface area is 106 Å². The molecule has 5 heteroatoms. The fourth-order valence-electron chi connectivity index (χ4n) is 2.28. The Bertz CT molecular complexity index is 304. The molecule has 0 aromatic heterocycles. The van der Waals surface area contributed by atoms with Gasteiger partial charge in [-0.25, -0.2) is 8.42 Å².